The van der Waals surface area contributed by atoms with Gasteiger partial charge in [0.2, 0.25) is 0 Å². The molecule has 2 aliphatic rings. The summed E-state index contributed by atoms with van der Waals surface area (Å²) in [7, 11) is -9.42. The van der Waals surface area contributed by atoms with E-state index in [1.807, 2.05) is 0 Å². The highest BCUT2D eigenvalue weighted by atomic mass is 35.5. The number of hydrogen-bond acceptors (Lipinski definition) is 9. The number of alkyl halides is 2. The Kier molecular flexibility index (Phi) is 6.85. The number of nitrogens with zero attached hydrogens (tertiary/aromatic N) is 3. The Bertz CT molecular complexity index is 1400. The average Bonchev–Trinajstić information content (AvgIpc) is 3.15. The number of aromatic nitrogens is 2. The van der Waals surface area contributed by atoms with Crippen molar-refractivity contribution >= 4 is 45.8 Å². The Labute approximate surface area is 206 Å². The predicted octanol–water partition coefficient (Wildman–Crippen LogP) is 1.08. The Morgan fingerprint density at radius 2 is 1.97 bits per heavy atom. The molecule has 198 valence electrons. The molecule has 0 spiro atoms. The average molecular weight is 575 g/mol. The second-order valence-corrected chi connectivity index (χ2v) is 13.2. The summed E-state index contributed by atoms with van der Waals surface area (Å²) in [4.78, 5) is 21.8. The first-order chi connectivity index (χ1) is 16.5. The summed E-state index contributed by atoms with van der Waals surface area (Å²) in [5.41, 5.74) is -2.35. The number of anilines is 1. The second kappa shape index (κ2) is 9.10. The molecule has 1 saturated heterocycles. The van der Waals surface area contributed by atoms with Crippen molar-refractivity contribution < 1.29 is 50.9 Å². The number of ether oxygens (including phenoxy) is 1. The Morgan fingerprint density at radius 3 is 2.53 bits per heavy atom. The third kappa shape index (κ3) is 5.20. The van der Waals surface area contributed by atoms with Crippen LogP contribution < -0.4 is 5.32 Å². The van der Waals surface area contributed by atoms with Crippen LogP contribution in [0.25, 0.3) is 11.0 Å². The van der Waals surface area contributed by atoms with Gasteiger partial charge < -0.3 is 34.6 Å². The van der Waals surface area contributed by atoms with Crippen molar-refractivity contribution in [2.45, 2.75) is 49.3 Å². The van der Waals surface area contributed by atoms with Crippen molar-refractivity contribution in [3.8, 4) is 6.07 Å². The monoisotopic (exact) mass is 574 g/mol. The van der Waals surface area contributed by atoms with Gasteiger partial charge in [-0.1, -0.05) is 11.6 Å². The van der Waals surface area contributed by atoms with Crippen LogP contribution in [0.1, 0.15) is 24.6 Å². The molecule has 5 N–H and O–H groups in total. The van der Waals surface area contributed by atoms with Gasteiger partial charge in [0.25, 0.3) is 5.92 Å². The zero-order valence-electron chi connectivity index (χ0n) is 17.9. The van der Waals surface area contributed by atoms with E-state index < -0.39 is 89.0 Å². The van der Waals surface area contributed by atoms with E-state index in [9.17, 15) is 37.2 Å². The van der Waals surface area contributed by atoms with Crippen LogP contribution in [-0.4, -0.2) is 79.5 Å². The third-order valence-electron chi connectivity index (χ3n) is 5.81. The van der Waals surface area contributed by atoms with Crippen LogP contribution in [0.2, 0.25) is 5.15 Å². The topological polar surface area (TPSA) is 195 Å². The van der Waals surface area contributed by atoms with Gasteiger partial charge in [-0.25, -0.2) is 26.6 Å². The van der Waals surface area contributed by atoms with Crippen LogP contribution in [0.3, 0.4) is 0 Å². The fourth-order valence-corrected chi connectivity index (χ4v) is 7.73. The van der Waals surface area contributed by atoms with E-state index in [-0.39, 0.29) is 22.3 Å². The van der Waals surface area contributed by atoms with Gasteiger partial charge in [-0.15, -0.1) is 0 Å². The molecule has 0 bridgehead atoms. The summed E-state index contributed by atoms with van der Waals surface area (Å²) in [6.45, 7) is 0. The normalized spacial score (nSPS) is 26.6. The first kappa shape index (κ1) is 27.1. The predicted molar refractivity (Wildman–Crippen MR) is 118 cm³/mol. The number of fused-ring (bicyclic) bond motifs is 1. The molecule has 1 aliphatic heterocycles. The maximum absolute atomic E-state index is 15.1. The highest BCUT2D eigenvalue weighted by molar-refractivity contribution is 7.97. The highest BCUT2D eigenvalue weighted by Crippen LogP contribution is 2.43. The number of sulfone groups is 1. The molecular weight excluding hydrogens is 556 g/mol. The fourth-order valence-electron chi connectivity index (χ4n) is 4.27. The van der Waals surface area contributed by atoms with E-state index in [4.69, 9.17) is 26.1 Å². The van der Waals surface area contributed by atoms with Gasteiger partial charge in [-0.05, 0) is 0 Å². The molecular formula is C18H19ClF3N4O8PS. The smallest absolute Gasteiger partial charge is 0.340 e. The Morgan fingerprint density at radius 1 is 1.33 bits per heavy atom. The van der Waals surface area contributed by atoms with Crippen LogP contribution in [0.5, 0.6) is 0 Å². The molecule has 1 saturated carbocycles. The molecule has 0 amide bonds. The minimum Gasteiger partial charge on any atom is -0.387 e. The lowest BCUT2D eigenvalue weighted by molar-refractivity contribution is -0.0793. The van der Waals surface area contributed by atoms with Crippen LogP contribution in [0, 0.1) is 17.1 Å². The number of nitrogens with one attached hydrogen (secondary N) is 1. The summed E-state index contributed by atoms with van der Waals surface area (Å²) in [6.07, 6.45) is -7.32. The molecule has 3 heterocycles. The van der Waals surface area contributed by atoms with E-state index in [1.54, 1.807) is 6.07 Å². The largest absolute Gasteiger partial charge is 0.387 e. The molecule has 4 rings (SSSR count). The minimum atomic E-state index is -4.97. The number of nitriles is 1. The first-order valence-electron chi connectivity index (χ1n) is 10.2. The van der Waals surface area contributed by atoms with Gasteiger partial charge in [0.1, 0.15) is 35.6 Å². The number of aliphatic hydroxyl groups excluding tert-OH is 2. The lowest BCUT2D eigenvalue weighted by atomic mass is 9.88. The third-order valence-corrected chi connectivity index (χ3v) is 9.84. The van der Waals surface area contributed by atoms with Crippen LogP contribution in [-0.2, 0) is 19.1 Å². The van der Waals surface area contributed by atoms with Crippen molar-refractivity contribution in [2.75, 3.05) is 16.6 Å². The maximum Gasteiger partial charge on any atom is 0.340 e. The van der Waals surface area contributed by atoms with E-state index in [0.29, 0.717) is 0 Å². The van der Waals surface area contributed by atoms with Gasteiger partial charge >= 0.3 is 7.60 Å². The summed E-state index contributed by atoms with van der Waals surface area (Å²) in [5, 5.41) is 32.2. The molecule has 12 nitrogen and oxygen atoms in total. The molecule has 0 aromatic carbocycles. The number of rotatable bonds is 7. The minimum absolute atomic E-state index is 0.210. The number of halogens is 4. The lowest BCUT2D eigenvalue weighted by Gasteiger charge is -2.36. The van der Waals surface area contributed by atoms with Gasteiger partial charge in [-0.3, -0.25) is 4.57 Å². The van der Waals surface area contributed by atoms with Crippen molar-refractivity contribution in [3.05, 3.63) is 22.7 Å². The number of hydrogen-bond donors (Lipinski definition) is 5. The van der Waals surface area contributed by atoms with E-state index in [0.717, 1.165) is 10.8 Å². The molecule has 0 radical (unpaired) electrons. The summed E-state index contributed by atoms with van der Waals surface area (Å²) in [5.74, 6) is -5.00. The highest BCUT2D eigenvalue weighted by Gasteiger charge is 2.48. The lowest BCUT2D eigenvalue weighted by Crippen LogP contribution is -2.44. The van der Waals surface area contributed by atoms with Crippen molar-refractivity contribution in [2.24, 2.45) is 0 Å². The Balaban J connectivity index is 1.70. The molecule has 1 aliphatic carbocycles. The molecule has 36 heavy (non-hydrogen) atoms. The van der Waals surface area contributed by atoms with E-state index in [1.165, 1.54) is 0 Å². The molecule has 0 unspecified atom stereocenters. The quantitative estimate of drug-likeness (QED) is 0.234. The van der Waals surface area contributed by atoms with E-state index in [2.05, 4.69) is 10.3 Å². The molecule has 2 aromatic heterocycles. The summed E-state index contributed by atoms with van der Waals surface area (Å²) < 4.78 is 83.3. The van der Waals surface area contributed by atoms with E-state index >= 15 is 4.39 Å². The molecule has 2 aromatic rings. The van der Waals surface area contributed by atoms with Crippen LogP contribution >= 0.6 is 19.2 Å². The summed E-state index contributed by atoms with van der Waals surface area (Å²) in [6, 6.07) is 0.936. The Hall–Kier alpha value is -1.96. The zero-order valence-corrected chi connectivity index (χ0v) is 20.4. The molecule has 4 atom stereocenters. The molecule has 2 fully saturated rings. The fraction of sp³-hybridized carbons (Fsp3) is 0.556. The zero-order chi connectivity index (χ0) is 26.8. The second-order valence-electron chi connectivity index (χ2n) is 8.70. The van der Waals surface area contributed by atoms with Gasteiger partial charge in [0, 0.05) is 25.1 Å². The maximum atomic E-state index is 15.1. The standard InChI is InChI=1S/C18H19ClF3N4O8PS/c19-15-8(3-23)12(24-7-1-18(21,22)2-7)11-9(20)4-26(16(11)25-15)17-14(28)13(27)10(34-17)5-36(32,33)6-35(29,30)31/h4,7,10,13-14,17,27-28H,1-2,5-6H2,(H,24,25)(H2,29,30,31)/t10-,13-,14-,17-/m1/s1. The number of pyridine rings is 1. The summed E-state index contributed by atoms with van der Waals surface area (Å²) >= 11 is 6.08. The van der Waals surface area contributed by atoms with Crippen LogP contribution in [0.4, 0.5) is 18.9 Å². The first-order valence-corrected chi connectivity index (χ1v) is 14.2. The van der Waals surface area contributed by atoms with Crippen LogP contribution in [0.15, 0.2) is 6.20 Å². The van der Waals surface area contributed by atoms with Crippen molar-refractivity contribution in [3.63, 3.8) is 0 Å². The van der Waals surface area contributed by atoms with Gasteiger partial charge in [0.15, 0.2) is 32.5 Å². The van der Waals surface area contributed by atoms with Crippen molar-refractivity contribution in [1.29, 1.82) is 5.26 Å². The van der Waals surface area contributed by atoms with Crippen molar-refractivity contribution in [1.82, 2.24) is 9.55 Å². The van der Waals surface area contributed by atoms with Gasteiger partial charge in [-0.2, -0.15) is 5.26 Å². The SMILES string of the molecule is N#Cc1c(Cl)nc2c(c(F)cn2[C@@H]2O[C@H](CS(=O)(=O)CP(=O)(O)O)[C@@H](O)[C@H]2O)c1NC1CC(F)(F)C1. The molecule has 18 heteroatoms. The number of aliphatic hydroxyl groups is 2. The van der Waals surface area contributed by atoms with Gasteiger partial charge in [0.05, 0.1) is 16.8 Å².